The molecule has 2 nitrogen and oxygen atoms in total. The molecule has 3 heteroatoms. The van der Waals surface area contributed by atoms with E-state index in [4.69, 9.17) is 19.8 Å². The molecule has 0 atom stereocenters. The number of ether oxygens (including phenoxy) is 1. The molecule has 0 fully saturated rings. The maximum atomic E-state index is 5.56. The number of hydrogen-bond acceptors (Lipinski definition) is 2. The summed E-state index contributed by atoms with van der Waals surface area (Å²) in [7, 11) is 1.68. The van der Waals surface area contributed by atoms with Crippen molar-refractivity contribution in [2.45, 2.75) is 25.7 Å². The summed E-state index contributed by atoms with van der Waals surface area (Å²) in [5.41, 5.74) is 4.33. The minimum absolute atomic E-state index is 0.793. The minimum atomic E-state index is 0.793. The SMILES string of the molecule is [CH2-]CCCC[C](=[Ni])N(C=[C-]c1ccc(-c2ccccc2)cc1)c1ccccc1OC. The Labute approximate surface area is 188 Å². The topological polar surface area (TPSA) is 12.5 Å². The first-order valence-corrected chi connectivity index (χ1v) is 10.7. The van der Waals surface area contributed by atoms with Gasteiger partial charge in [0, 0.05) is 0 Å². The molecule has 0 N–H and O–H groups in total. The number of methoxy groups -OCH3 is 1. The van der Waals surface area contributed by atoms with Gasteiger partial charge in [-0.15, -0.1) is 0 Å². The first kappa shape index (κ1) is 22.1. The molecule has 0 aliphatic rings. The van der Waals surface area contributed by atoms with Crippen molar-refractivity contribution in [1.82, 2.24) is 0 Å². The Morgan fingerprint density at radius 1 is 0.933 bits per heavy atom. The van der Waals surface area contributed by atoms with Gasteiger partial charge in [0.2, 0.25) is 0 Å². The van der Waals surface area contributed by atoms with Crippen LogP contribution in [0.25, 0.3) is 11.1 Å². The van der Waals surface area contributed by atoms with Gasteiger partial charge in [-0.25, -0.2) is 0 Å². The van der Waals surface area contributed by atoms with E-state index in [-0.39, 0.29) is 0 Å². The zero-order chi connectivity index (χ0) is 21.2. The van der Waals surface area contributed by atoms with Crippen molar-refractivity contribution in [1.29, 1.82) is 0 Å². The van der Waals surface area contributed by atoms with Gasteiger partial charge in [0.15, 0.2) is 0 Å². The van der Waals surface area contributed by atoms with Crippen molar-refractivity contribution in [2.24, 2.45) is 0 Å². The van der Waals surface area contributed by atoms with Crippen LogP contribution in [-0.4, -0.2) is 11.7 Å². The van der Waals surface area contributed by atoms with Crippen LogP contribution in [0.3, 0.4) is 0 Å². The third-order valence-corrected chi connectivity index (χ3v) is 5.30. The number of hydrogen-bond donors (Lipinski definition) is 0. The molecule has 0 amide bonds. The molecule has 0 radical (unpaired) electrons. The monoisotopic (exact) mass is 439 g/mol. The molecule has 0 aliphatic heterocycles. The zero-order valence-corrected chi connectivity index (χ0v) is 18.3. The van der Waals surface area contributed by atoms with Crippen molar-refractivity contribution in [3.63, 3.8) is 0 Å². The first-order chi connectivity index (χ1) is 14.7. The van der Waals surface area contributed by atoms with Crippen LogP contribution in [0.4, 0.5) is 5.69 Å². The summed E-state index contributed by atoms with van der Waals surface area (Å²) in [6.45, 7) is 3.92. The van der Waals surface area contributed by atoms with E-state index in [0.29, 0.717) is 0 Å². The van der Waals surface area contributed by atoms with Gasteiger partial charge >= 0.3 is 188 Å². The van der Waals surface area contributed by atoms with Crippen LogP contribution < -0.4 is 9.64 Å². The Bertz CT molecular complexity index is 964. The van der Waals surface area contributed by atoms with E-state index in [1.807, 2.05) is 41.4 Å². The molecule has 3 rings (SSSR count). The first-order valence-electron chi connectivity index (χ1n) is 10.2. The maximum absolute atomic E-state index is 5.56. The van der Waals surface area contributed by atoms with Crippen LogP contribution in [0, 0.1) is 13.0 Å². The van der Waals surface area contributed by atoms with Gasteiger partial charge < -0.3 is 0 Å². The standard InChI is InChI=1S/C27H27NO.Ni/c1-3-4-5-11-21-28(26-14-9-10-15-27(26)29-2)22-20-23-16-18-25(19-17-23)24-12-7-6-8-13-24;/h6-10,12-19,22H,1,3-5,11H2,2H3;/q-2;. The second-order valence-corrected chi connectivity index (χ2v) is 7.48. The van der Waals surface area contributed by atoms with E-state index >= 15 is 0 Å². The summed E-state index contributed by atoms with van der Waals surface area (Å²) in [6, 6.07) is 26.7. The van der Waals surface area contributed by atoms with E-state index in [1.54, 1.807) is 7.11 Å². The fraction of sp³-hybridized carbons (Fsp3) is 0.185. The van der Waals surface area contributed by atoms with Gasteiger partial charge in [0.1, 0.15) is 0 Å². The molecule has 0 aliphatic carbocycles. The fourth-order valence-corrected chi connectivity index (χ4v) is 3.53. The number of para-hydroxylation sites is 2. The zero-order valence-electron chi connectivity index (χ0n) is 17.3. The van der Waals surface area contributed by atoms with Crippen LogP contribution in [0.2, 0.25) is 0 Å². The summed E-state index contributed by atoms with van der Waals surface area (Å²) >= 11 is 5.40. The van der Waals surface area contributed by atoms with Gasteiger partial charge in [0.05, 0.1) is 0 Å². The van der Waals surface area contributed by atoms with Crippen molar-refractivity contribution < 1.29 is 19.8 Å². The van der Waals surface area contributed by atoms with Gasteiger partial charge in [-0.05, 0) is 0 Å². The van der Waals surface area contributed by atoms with Gasteiger partial charge in [-0.3, -0.25) is 0 Å². The van der Waals surface area contributed by atoms with E-state index in [2.05, 4.69) is 61.5 Å². The van der Waals surface area contributed by atoms with E-state index in [9.17, 15) is 0 Å². The van der Waals surface area contributed by atoms with Crippen LogP contribution >= 0.6 is 0 Å². The second-order valence-electron chi connectivity index (χ2n) is 6.91. The van der Waals surface area contributed by atoms with Crippen molar-refractivity contribution in [2.75, 3.05) is 12.0 Å². The third-order valence-electron chi connectivity index (χ3n) is 4.81. The Morgan fingerprint density at radius 2 is 1.60 bits per heavy atom. The summed E-state index contributed by atoms with van der Waals surface area (Å²) in [5, 5.41) is 0. The number of rotatable bonds is 10. The molecule has 0 saturated carbocycles. The van der Waals surface area contributed by atoms with Gasteiger partial charge in [-0.2, -0.15) is 0 Å². The Balaban J connectivity index is 1.83. The molecule has 0 heterocycles. The molecule has 0 aromatic heterocycles. The molecule has 0 bridgehead atoms. The normalized spacial score (nSPS) is 10.9. The fourth-order valence-electron chi connectivity index (χ4n) is 3.17. The van der Waals surface area contributed by atoms with Crippen LogP contribution in [0.15, 0.2) is 85.1 Å². The number of anilines is 1. The molecule has 0 unspecified atom stereocenters. The number of nitrogens with zero attached hydrogens (tertiary/aromatic N) is 1. The molecular formula is C27H27NNiO-2. The summed E-state index contributed by atoms with van der Waals surface area (Å²) in [5.74, 6) is 0.793. The molecule has 0 saturated heterocycles. The number of benzene rings is 3. The quantitative estimate of drug-likeness (QED) is 0.200. The van der Waals surface area contributed by atoms with Crippen LogP contribution in [0.5, 0.6) is 5.75 Å². The molecule has 0 spiro atoms. The molecular weight excluding hydrogens is 413 g/mol. The van der Waals surface area contributed by atoms with Crippen molar-refractivity contribution >= 4 is 10.3 Å². The summed E-state index contributed by atoms with van der Waals surface area (Å²) in [6.07, 6.45) is 9.20. The molecule has 3 aromatic carbocycles. The third kappa shape index (κ3) is 5.94. The van der Waals surface area contributed by atoms with Gasteiger partial charge in [0.25, 0.3) is 0 Å². The summed E-state index contributed by atoms with van der Waals surface area (Å²) in [4.78, 5) is 2.02. The Kier molecular flexibility index (Phi) is 8.47. The Hall–Kier alpha value is -2.64. The average molecular weight is 440 g/mol. The predicted octanol–water partition coefficient (Wildman–Crippen LogP) is 6.60. The van der Waals surface area contributed by atoms with Crippen LogP contribution in [0.1, 0.15) is 31.2 Å². The Morgan fingerprint density at radius 3 is 2.30 bits per heavy atom. The average Bonchev–Trinajstić information content (AvgIpc) is 2.80. The molecule has 3 aromatic rings. The van der Waals surface area contributed by atoms with Crippen molar-refractivity contribution in [3.8, 4) is 16.9 Å². The molecule has 158 valence electrons. The summed E-state index contributed by atoms with van der Waals surface area (Å²) < 4.78 is 6.45. The van der Waals surface area contributed by atoms with E-state index < -0.39 is 0 Å². The van der Waals surface area contributed by atoms with Gasteiger partial charge in [-0.1, -0.05) is 0 Å². The molecule has 30 heavy (non-hydrogen) atoms. The van der Waals surface area contributed by atoms with E-state index in [0.717, 1.165) is 47.3 Å². The predicted molar refractivity (Wildman–Crippen MR) is 123 cm³/mol. The van der Waals surface area contributed by atoms with E-state index in [1.165, 1.54) is 11.1 Å². The van der Waals surface area contributed by atoms with Crippen LogP contribution in [-0.2, 0) is 15.0 Å². The number of unbranched alkanes of at least 4 members (excludes halogenated alkanes) is 2. The second kappa shape index (κ2) is 11.5. The van der Waals surface area contributed by atoms with Crippen molar-refractivity contribution in [3.05, 3.63) is 104 Å².